The van der Waals surface area contributed by atoms with Gasteiger partial charge in [0.2, 0.25) is 20.9 Å². The van der Waals surface area contributed by atoms with Crippen LogP contribution in [0.1, 0.15) is 23.8 Å². The lowest BCUT2D eigenvalue weighted by atomic mass is 10.2. The number of nitrogens with one attached hydrogen (secondary N) is 2. The van der Waals surface area contributed by atoms with E-state index in [4.69, 9.17) is 0 Å². The molecule has 2 aromatic heterocycles. The SMILES string of the molecule is CCC(=O)Nc1cccc(NC(=O)c2nc(S(C)(=O)=O)n3ccccc23)c1. The minimum Gasteiger partial charge on any atom is -0.326 e. The summed E-state index contributed by atoms with van der Waals surface area (Å²) in [5, 5.41) is 5.19. The molecule has 0 saturated carbocycles. The molecule has 0 unspecified atom stereocenters. The number of amides is 2. The molecule has 27 heavy (non-hydrogen) atoms. The number of pyridine rings is 1. The quantitative estimate of drug-likeness (QED) is 0.699. The number of carbonyl (C=O) groups is 2. The number of hydrogen-bond donors (Lipinski definition) is 2. The number of nitrogens with zero attached hydrogens (tertiary/aromatic N) is 2. The van der Waals surface area contributed by atoms with E-state index in [9.17, 15) is 18.0 Å². The molecule has 0 aliphatic rings. The van der Waals surface area contributed by atoms with Crippen molar-refractivity contribution in [3.8, 4) is 0 Å². The number of sulfone groups is 1. The molecule has 0 fully saturated rings. The molecule has 1 aromatic carbocycles. The van der Waals surface area contributed by atoms with Crippen molar-refractivity contribution in [3.05, 3.63) is 54.4 Å². The van der Waals surface area contributed by atoms with Gasteiger partial charge in [-0.3, -0.25) is 14.0 Å². The summed E-state index contributed by atoms with van der Waals surface area (Å²) < 4.78 is 25.3. The summed E-state index contributed by atoms with van der Waals surface area (Å²) >= 11 is 0. The Labute approximate surface area is 156 Å². The van der Waals surface area contributed by atoms with Gasteiger partial charge in [-0.2, -0.15) is 0 Å². The summed E-state index contributed by atoms with van der Waals surface area (Å²) in [6.07, 6.45) is 2.91. The summed E-state index contributed by atoms with van der Waals surface area (Å²) in [6, 6.07) is 11.6. The van der Waals surface area contributed by atoms with Crippen molar-refractivity contribution < 1.29 is 18.0 Å². The maximum Gasteiger partial charge on any atom is 0.276 e. The standard InChI is InChI=1S/C18H18N4O4S/c1-3-15(23)19-12-7-6-8-13(11-12)20-17(24)16-14-9-4-5-10-22(14)18(21-16)27(2,25)26/h4-11H,3H2,1-2H3,(H,19,23)(H,20,24). The van der Waals surface area contributed by atoms with Crippen LogP contribution in [0.4, 0.5) is 11.4 Å². The van der Waals surface area contributed by atoms with Crippen LogP contribution in [-0.4, -0.2) is 35.9 Å². The van der Waals surface area contributed by atoms with E-state index in [1.165, 1.54) is 10.6 Å². The highest BCUT2D eigenvalue weighted by Gasteiger charge is 2.22. The highest BCUT2D eigenvalue weighted by atomic mass is 32.2. The maximum atomic E-state index is 12.7. The van der Waals surface area contributed by atoms with E-state index in [-0.39, 0.29) is 16.8 Å². The molecular formula is C18H18N4O4S. The van der Waals surface area contributed by atoms with Crippen molar-refractivity contribution >= 4 is 38.5 Å². The molecule has 0 aliphatic heterocycles. The van der Waals surface area contributed by atoms with Gasteiger partial charge in [0.15, 0.2) is 5.69 Å². The van der Waals surface area contributed by atoms with Crippen LogP contribution in [0, 0.1) is 0 Å². The van der Waals surface area contributed by atoms with E-state index in [1.54, 1.807) is 49.4 Å². The number of hydrogen-bond acceptors (Lipinski definition) is 5. The second kappa shape index (κ2) is 7.20. The molecule has 2 heterocycles. The molecule has 2 amide bonds. The summed E-state index contributed by atoms with van der Waals surface area (Å²) in [6.45, 7) is 1.74. The van der Waals surface area contributed by atoms with E-state index >= 15 is 0 Å². The molecule has 9 heteroatoms. The Bertz CT molecular complexity index is 1140. The minimum absolute atomic E-state index is 0.000906. The Morgan fingerprint density at radius 2 is 1.78 bits per heavy atom. The zero-order chi connectivity index (χ0) is 19.6. The van der Waals surface area contributed by atoms with Crippen LogP contribution in [0.2, 0.25) is 0 Å². The third-order valence-electron chi connectivity index (χ3n) is 3.79. The number of anilines is 2. The van der Waals surface area contributed by atoms with E-state index in [2.05, 4.69) is 15.6 Å². The zero-order valence-electron chi connectivity index (χ0n) is 14.8. The van der Waals surface area contributed by atoms with E-state index < -0.39 is 15.7 Å². The molecule has 2 N–H and O–H groups in total. The highest BCUT2D eigenvalue weighted by molar-refractivity contribution is 7.90. The first kappa shape index (κ1) is 18.6. The topological polar surface area (TPSA) is 110 Å². The molecule has 0 saturated heterocycles. The Kier molecular flexibility index (Phi) is 4.95. The second-order valence-corrected chi connectivity index (χ2v) is 7.82. The number of aromatic nitrogens is 2. The lowest BCUT2D eigenvalue weighted by Crippen LogP contribution is -2.14. The minimum atomic E-state index is -3.61. The van der Waals surface area contributed by atoms with Gasteiger partial charge in [0.1, 0.15) is 0 Å². The van der Waals surface area contributed by atoms with Gasteiger partial charge in [-0.15, -0.1) is 0 Å². The normalized spacial score (nSPS) is 11.3. The summed E-state index contributed by atoms with van der Waals surface area (Å²) in [5.74, 6) is -0.691. The number of carbonyl (C=O) groups excluding carboxylic acids is 2. The molecule has 140 valence electrons. The summed E-state index contributed by atoms with van der Waals surface area (Å²) in [7, 11) is -3.61. The van der Waals surface area contributed by atoms with Gasteiger partial charge in [0, 0.05) is 30.2 Å². The second-order valence-electron chi connectivity index (χ2n) is 5.91. The third-order valence-corrected chi connectivity index (χ3v) is 4.74. The Balaban J connectivity index is 1.94. The maximum absolute atomic E-state index is 12.7. The molecule has 3 rings (SSSR count). The first-order valence-electron chi connectivity index (χ1n) is 8.18. The average molecular weight is 386 g/mol. The van der Waals surface area contributed by atoms with Gasteiger partial charge in [0.25, 0.3) is 5.91 Å². The molecule has 0 bridgehead atoms. The number of benzene rings is 1. The number of imidazole rings is 1. The van der Waals surface area contributed by atoms with Crippen LogP contribution in [0.25, 0.3) is 5.52 Å². The highest BCUT2D eigenvalue weighted by Crippen LogP contribution is 2.20. The molecule has 0 radical (unpaired) electrons. The Morgan fingerprint density at radius 3 is 2.44 bits per heavy atom. The smallest absolute Gasteiger partial charge is 0.276 e. The summed E-state index contributed by atoms with van der Waals surface area (Å²) in [5.41, 5.74) is 1.38. The average Bonchev–Trinajstić information content (AvgIpc) is 3.02. The Morgan fingerprint density at radius 1 is 1.07 bits per heavy atom. The fraction of sp³-hybridized carbons (Fsp3) is 0.167. The van der Waals surface area contributed by atoms with Crippen LogP contribution < -0.4 is 10.6 Å². The van der Waals surface area contributed by atoms with Gasteiger partial charge in [-0.25, -0.2) is 13.4 Å². The van der Waals surface area contributed by atoms with Gasteiger partial charge in [-0.1, -0.05) is 19.1 Å². The third kappa shape index (κ3) is 3.98. The van der Waals surface area contributed by atoms with Gasteiger partial charge in [0.05, 0.1) is 5.52 Å². The monoisotopic (exact) mass is 386 g/mol. The lowest BCUT2D eigenvalue weighted by Gasteiger charge is -2.07. The molecule has 8 nitrogen and oxygen atoms in total. The van der Waals surface area contributed by atoms with Crippen molar-refractivity contribution in [1.29, 1.82) is 0 Å². The predicted molar refractivity (Wildman–Crippen MR) is 102 cm³/mol. The largest absolute Gasteiger partial charge is 0.326 e. The van der Waals surface area contributed by atoms with Crippen LogP contribution in [-0.2, 0) is 14.6 Å². The number of rotatable bonds is 5. The van der Waals surface area contributed by atoms with Crippen LogP contribution in [0.3, 0.4) is 0 Å². The predicted octanol–water partition coefficient (Wildman–Crippen LogP) is 2.34. The van der Waals surface area contributed by atoms with Crippen molar-refractivity contribution in [3.63, 3.8) is 0 Å². The van der Waals surface area contributed by atoms with Gasteiger partial charge >= 0.3 is 0 Å². The van der Waals surface area contributed by atoms with Crippen molar-refractivity contribution in [1.82, 2.24) is 9.38 Å². The Hall–Kier alpha value is -3.20. The number of fused-ring (bicyclic) bond motifs is 1. The van der Waals surface area contributed by atoms with E-state index in [0.717, 1.165) is 6.26 Å². The molecule has 0 atom stereocenters. The van der Waals surface area contributed by atoms with Crippen LogP contribution >= 0.6 is 0 Å². The zero-order valence-corrected chi connectivity index (χ0v) is 15.6. The fourth-order valence-electron chi connectivity index (χ4n) is 2.55. The molecular weight excluding hydrogens is 368 g/mol. The van der Waals surface area contributed by atoms with Crippen molar-refractivity contribution in [2.45, 2.75) is 18.5 Å². The van der Waals surface area contributed by atoms with E-state index in [1.807, 2.05) is 0 Å². The molecule has 0 aliphatic carbocycles. The molecule has 3 aromatic rings. The first-order valence-corrected chi connectivity index (χ1v) is 10.1. The van der Waals surface area contributed by atoms with Gasteiger partial charge < -0.3 is 10.6 Å². The summed E-state index contributed by atoms with van der Waals surface area (Å²) in [4.78, 5) is 28.2. The molecule has 0 spiro atoms. The van der Waals surface area contributed by atoms with Crippen molar-refractivity contribution in [2.24, 2.45) is 0 Å². The fourth-order valence-corrected chi connectivity index (χ4v) is 3.33. The van der Waals surface area contributed by atoms with Crippen LogP contribution in [0.5, 0.6) is 0 Å². The first-order chi connectivity index (χ1) is 12.8. The van der Waals surface area contributed by atoms with Gasteiger partial charge in [-0.05, 0) is 30.3 Å². The van der Waals surface area contributed by atoms with E-state index in [0.29, 0.717) is 23.3 Å². The van der Waals surface area contributed by atoms with Crippen molar-refractivity contribution in [2.75, 3.05) is 16.9 Å². The lowest BCUT2D eigenvalue weighted by molar-refractivity contribution is -0.115. The van der Waals surface area contributed by atoms with Crippen LogP contribution in [0.15, 0.2) is 53.8 Å².